The largest absolute Gasteiger partial charge is 0.338 e. The summed E-state index contributed by atoms with van der Waals surface area (Å²) in [5.74, 6) is 0.144. The predicted octanol–water partition coefficient (Wildman–Crippen LogP) is 1.66. The van der Waals surface area contributed by atoms with Crippen LogP contribution in [0.3, 0.4) is 0 Å². The first kappa shape index (κ1) is 16.2. The maximum atomic E-state index is 12.6. The second-order valence-corrected chi connectivity index (χ2v) is 6.10. The van der Waals surface area contributed by atoms with Gasteiger partial charge in [0.15, 0.2) is 0 Å². The molecule has 0 N–H and O–H groups in total. The fourth-order valence-electron chi connectivity index (χ4n) is 2.96. The number of piperazine rings is 1. The van der Waals surface area contributed by atoms with Crippen molar-refractivity contribution >= 4 is 5.91 Å². The van der Waals surface area contributed by atoms with Gasteiger partial charge in [-0.15, -0.1) is 0 Å². The highest BCUT2D eigenvalue weighted by Crippen LogP contribution is 2.14. The first-order valence-electron chi connectivity index (χ1n) is 8.15. The van der Waals surface area contributed by atoms with Crippen molar-refractivity contribution in [3.63, 3.8) is 0 Å². The highest BCUT2D eigenvalue weighted by molar-refractivity contribution is 5.80. The Kier molecular flexibility index (Phi) is 4.92. The van der Waals surface area contributed by atoms with Gasteiger partial charge >= 0.3 is 0 Å². The third-order valence-corrected chi connectivity index (χ3v) is 4.50. The Bertz CT molecular complexity index is 709. The summed E-state index contributed by atoms with van der Waals surface area (Å²) < 4.78 is 1.84. The third-order valence-electron chi connectivity index (χ3n) is 4.50. The van der Waals surface area contributed by atoms with Gasteiger partial charge in [-0.25, -0.2) is 4.98 Å². The van der Waals surface area contributed by atoms with Crippen LogP contribution >= 0.6 is 0 Å². The van der Waals surface area contributed by atoms with E-state index in [-0.39, 0.29) is 11.9 Å². The summed E-state index contributed by atoms with van der Waals surface area (Å²) in [5.41, 5.74) is 1.88. The number of rotatable bonds is 4. The lowest BCUT2D eigenvalue weighted by molar-refractivity contribution is -0.136. The van der Waals surface area contributed by atoms with Crippen molar-refractivity contribution in [1.82, 2.24) is 19.4 Å². The van der Waals surface area contributed by atoms with Crippen molar-refractivity contribution in [2.45, 2.75) is 19.5 Å². The van der Waals surface area contributed by atoms with Gasteiger partial charge in [0.2, 0.25) is 5.91 Å². The zero-order valence-corrected chi connectivity index (χ0v) is 13.8. The molecule has 1 saturated heterocycles. The van der Waals surface area contributed by atoms with Crippen molar-refractivity contribution < 1.29 is 4.79 Å². The molecule has 124 valence electrons. The van der Waals surface area contributed by atoms with Crippen LogP contribution in [0.15, 0.2) is 43.0 Å². The molecule has 1 fully saturated rings. The van der Waals surface area contributed by atoms with Crippen LogP contribution in [0.5, 0.6) is 0 Å². The molecule has 1 aliphatic rings. The SMILES string of the molecule is C[C@H](C(=O)N1CCN(Cc2ccc(C#N)cc2)CC1)n1ccnc1. The molecular weight excluding hydrogens is 302 g/mol. The smallest absolute Gasteiger partial charge is 0.245 e. The van der Waals surface area contributed by atoms with Crippen LogP contribution in [0.1, 0.15) is 24.1 Å². The molecule has 6 heteroatoms. The molecule has 1 aromatic heterocycles. The molecule has 1 aromatic carbocycles. The lowest BCUT2D eigenvalue weighted by Gasteiger charge is -2.36. The maximum absolute atomic E-state index is 12.6. The van der Waals surface area contributed by atoms with E-state index in [1.807, 2.05) is 46.9 Å². The minimum absolute atomic E-state index is 0.144. The van der Waals surface area contributed by atoms with Gasteiger partial charge in [0, 0.05) is 45.1 Å². The minimum atomic E-state index is -0.211. The molecule has 2 aromatic rings. The molecular formula is C18H21N5O. The fraction of sp³-hybridized carbons (Fsp3) is 0.389. The molecule has 1 atom stereocenters. The molecule has 0 bridgehead atoms. The van der Waals surface area contributed by atoms with Crippen LogP contribution < -0.4 is 0 Å². The summed E-state index contributed by atoms with van der Waals surface area (Å²) in [6.07, 6.45) is 5.20. The Morgan fingerprint density at radius 1 is 1.25 bits per heavy atom. The molecule has 0 spiro atoms. The molecule has 0 unspecified atom stereocenters. The number of benzene rings is 1. The first-order chi connectivity index (χ1) is 11.7. The van der Waals surface area contributed by atoms with Gasteiger partial charge < -0.3 is 9.47 Å². The number of carbonyl (C=O) groups excluding carboxylic acids is 1. The second kappa shape index (κ2) is 7.28. The van der Waals surface area contributed by atoms with Crippen molar-refractivity contribution in [2.24, 2.45) is 0 Å². The Morgan fingerprint density at radius 2 is 1.96 bits per heavy atom. The number of hydrogen-bond acceptors (Lipinski definition) is 4. The van der Waals surface area contributed by atoms with E-state index in [1.165, 1.54) is 5.56 Å². The summed E-state index contributed by atoms with van der Waals surface area (Å²) in [6.45, 7) is 5.98. The lowest BCUT2D eigenvalue weighted by atomic mass is 10.1. The molecule has 1 aliphatic heterocycles. The molecule has 6 nitrogen and oxygen atoms in total. The fourth-order valence-corrected chi connectivity index (χ4v) is 2.96. The van der Waals surface area contributed by atoms with Gasteiger partial charge in [-0.1, -0.05) is 12.1 Å². The van der Waals surface area contributed by atoms with Crippen molar-refractivity contribution in [2.75, 3.05) is 26.2 Å². The first-order valence-corrected chi connectivity index (χ1v) is 8.15. The van der Waals surface area contributed by atoms with Crippen LogP contribution in [-0.2, 0) is 11.3 Å². The van der Waals surface area contributed by atoms with Gasteiger partial charge in [-0.3, -0.25) is 9.69 Å². The van der Waals surface area contributed by atoms with Gasteiger partial charge in [-0.05, 0) is 24.6 Å². The van der Waals surface area contributed by atoms with E-state index in [4.69, 9.17) is 5.26 Å². The lowest BCUT2D eigenvalue weighted by Crippen LogP contribution is -2.49. The van der Waals surface area contributed by atoms with E-state index in [0.717, 1.165) is 32.7 Å². The standard InChI is InChI=1S/C18H21N5O/c1-15(23-7-6-20-14-23)18(24)22-10-8-21(9-11-22)13-17-4-2-16(12-19)3-5-17/h2-7,14-15H,8-11,13H2,1H3/t15-/m1/s1. The van der Waals surface area contributed by atoms with E-state index in [9.17, 15) is 4.79 Å². The van der Waals surface area contributed by atoms with Crippen LogP contribution in [0.25, 0.3) is 0 Å². The monoisotopic (exact) mass is 323 g/mol. The average molecular weight is 323 g/mol. The highest BCUT2D eigenvalue weighted by Gasteiger charge is 2.25. The van der Waals surface area contributed by atoms with Crippen molar-refractivity contribution in [3.05, 3.63) is 54.1 Å². The number of hydrogen-bond donors (Lipinski definition) is 0. The zero-order valence-electron chi connectivity index (χ0n) is 13.8. The number of carbonyl (C=O) groups is 1. The van der Waals surface area contributed by atoms with Gasteiger partial charge in [0.25, 0.3) is 0 Å². The van der Waals surface area contributed by atoms with Crippen LogP contribution in [-0.4, -0.2) is 51.4 Å². The van der Waals surface area contributed by atoms with E-state index in [0.29, 0.717) is 5.56 Å². The third kappa shape index (κ3) is 3.63. The Balaban J connectivity index is 1.52. The normalized spacial score (nSPS) is 16.6. The van der Waals surface area contributed by atoms with Gasteiger partial charge in [0.05, 0.1) is 18.0 Å². The van der Waals surface area contributed by atoms with E-state index in [2.05, 4.69) is 16.0 Å². The van der Waals surface area contributed by atoms with Crippen LogP contribution in [0, 0.1) is 11.3 Å². The second-order valence-electron chi connectivity index (χ2n) is 6.10. The minimum Gasteiger partial charge on any atom is -0.338 e. The Morgan fingerprint density at radius 3 is 2.54 bits per heavy atom. The Hall–Kier alpha value is -2.65. The summed E-state index contributed by atoms with van der Waals surface area (Å²) in [7, 11) is 0. The van der Waals surface area contributed by atoms with Crippen LogP contribution in [0.4, 0.5) is 0 Å². The molecule has 0 aliphatic carbocycles. The summed E-state index contributed by atoms with van der Waals surface area (Å²) >= 11 is 0. The Labute approximate surface area is 141 Å². The van der Waals surface area contributed by atoms with E-state index < -0.39 is 0 Å². The molecule has 1 amide bonds. The summed E-state index contributed by atoms with van der Waals surface area (Å²) in [6, 6.07) is 9.62. The number of amides is 1. The maximum Gasteiger partial charge on any atom is 0.245 e. The number of nitrogens with zero attached hydrogens (tertiary/aromatic N) is 5. The highest BCUT2D eigenvalue weighted by atomic mass is 16.2. The van der Waals surface area contributed by atoms with E-state index >= 15 is 0 Å². The summed E-state index contributed by atoms with van der Waals surface area (Å²) in [5, 5.41) is 8.84. The molecule has 2 heterocycles. The predicted molar refractivity (Wildman–Crippen MR) is 90.0 cm³/mol. The van der Waals surface area contributed by atoms with Crippen LogP contribution in [0.2, 0.25) is 0 Å². The van der Waals surface area contributed by atoms with E-state index in [1.54, 1.807) is 12.5 Å². The number of nitriles is 1. The molecule has 0 radical (unpaired) electrons. The summed E-state index contributed by atoms with van der Waals surface area (Å²) in [4.78, 5) is 20.8. The number of aromatic nitrogens is 2. The zero-order chi connectivity index (χ0) is 16.9. The van der Waals surface area contributed by atoms with Gasteiger partial charge in [0.1, 0.15) is 6.04 Å². The average Bonchev–Trinajstić information content (AvgIpc) is 3.16. The quantitative estimate of drug-likeness (QED) is 0.858. The van der Waals surface area contributed by atoms with Crippen molar-refractivity contribution in [1.29, 1.82) is 5.26 Å². The molecule has 24 heavy (non-hydrogen) atoms. The van der Waals surface area contributed by atoms with Crippen molar-refractivity contribution in [3.8, 4) is 6.07 Å². The number of imidazole rings is 1. The van der Waals surface area contributed by atoms with Gasteiger partial charge in [-0.2, -0.15) is 5.26 Å². The molecule has 3 rings (SSSR count). The topological polar surface area (TPSA) is 65.2 Å². The molecule has 0 saturated carbocycles.